The van der Waals surface area contributed by atoms with Gasteiger partial charge in [0, 0.05) is 36.4 Å². The molecule has 1 aliphatic carbocycles. The first-order valence-corrected chi connectivity index (χ1v) is 9.37. The Morgan fingerprint density at radius 2 is 2.08 bits per heavy atom. The van der Waals surface area contributed by atoms with Gasteiger partial charge in [0.15, 0.2) is 0 Å². The van der Waals surface area contributed by atoms with Gasteiger partial charge in [-0.1, -0.05) is 0 Å². The smallest absolute Gasteiger partial charge is 0.341 e. The molecule has 3 aliphatic rings. The number of aromatic nitrogens is 2. The molecule has 0 bridgehead atoms. The standard InChI is InChI=1S/C19H22N4O3/c20-10-6-12-2-1-3-13-15(22(12)8-10)7-21-16-17(13)23(11-4-5-11)9-14(18(16)24)19(25)26/h7,9-12H,1-6,8,20H2,(H,25,26)/t10-,12?/m0/s1. The monoisotopic (exact) mass is 354 g/mol. The summed E-state index contributed by atoms with van der Waals surface area (Å²) < 4.78 is 2.00. The number of pyridine rings is 2. The average molecular weight is 354 g/mol. The number of anilines is 1. The SMILES string of the molecule is N[C@H]1CC2CCCc3c(cnc4c(=O)c(C(=O)O)cn(C5CC5)c34)N2C1. The third kappa shape index (κ3) is 2.26. The first-order chi connectivity index (χ1) is 12.5. The van der Waals surface area contributed by atoms with Crippen LogP contribution in [0.3, 0.4) is 0 Å². The van der Waals surface area contributed by atoms with Crippen LogP contribution in [-0.2, 0) is 6.42 Å². The summed E-state index contributed by atoms with van der Waals surface area (Å²) >= 11 is 0. The number of nitrogens with zero attached hydrogens (tertiary/aromatic N) is 3. The first kappa shape index (κ1) is 15.8. The second-order valence-corrected chi connectivity index (χ2v) is 7.83. The van der Waals surface area contributed by atoms with E-state index in [2.05, 4.69) is 9.88 Å². The summed E-state index contributed by atoms with van der Waals surface area (Å²) in [6, 6.07) is 0.871. The molecule has 0 aromatic carbocycles. The summed E-state index contributed by atoms with van der Waals surface area (Å²) in [5, 5.41) is 9.42. The number of rotatable bonds is 2. The Kier molecular flexibility index (Phi) is 3.37. The van der Waals surface area contributed by atoms with Crippen LogP contribution in [0, 0.1) is 0 Å². The van der Waals surface area contributed by atoms with Crippen molar-refractivity contribution in [2.75, 3.05) is 11.4 Å². The van der Waals surface area contributed by atoms with Crippen molar-refractivity contribution in [3.8, 4) is 0 Å². The number of carbonyl (C=O) groups is 1. The van der Waals surface area contributed by atoms with E-state index in [0.717, 1.165) is 61.8 Å². The van der Waals surface area contributed by atoms with Crippen LogP contribution in [0.4, 0.5) is 5.69 Å². The molecule has 2 fully saturated rings. The van der Waals surface area contributed by atoms with Crippen molar-refractivity contribution in [2.24, 2.45) is 5.73 Å². The van der Waals surface area contributed by atoms with Crippen LogP contribution in [-0.4, -0.2) is 39.3 Å². The fourth-order valence-electron chi connectivity index (χ4n) is 4.69. The molecule has 26 heavy (non-hydrogen) atoms. The quantitative estimate of drug-likeness (QED) is 0.851. The van der Waals surface area contributed by atoms with E-state index >= 15 is 0 Å². The molecule has 0 radical (unpaired) electrons. The van der Waals surface area contributed by atoms with Crippen molar-refractivity contribution >= 4 is 22.7 Å². The minimum atomic E-state index is -1.19. The summed E-state index contributed by atoms with van der Waals surface area (Å²) in [5.74, 6) is -1.19. The van der Waals surface area contributed by atoms with E-state index < -0.39 is 11.4 Å². The highest BCUT2D eigenvalue weighted by Crippen LogP contribution is 2.41. The second kappa shape index (κ2) is 5.54. The lowest BCUT2D eigenvalue weighted by molar-refractivity contribution is 0.0695. The zero-order valence-electron chi connectivity index (χ0n) is 14.5. The zero-order chi connectivity index (χ0) is 18.0. The van der Waals surface area contributed by atoms with Crippen LogP contribution in [0.5, 0.6) is 0 Å². The molecule has 2 aliphatic heterocycles. The number of hydrogen-bond acceptors (Lipinski definition) is 5. The topological polar surface area (TPSA) is 101 Å². The lowest BCUT2D eigenvalue weighted by Gasteiger charge is -2.26. The van der Waals surface area contributed by atoms with Crippen molar-refractivity contribution in [3.63, 3.8) is 0 Å². The van der Waals surface area contributed by atoms with Crippen LogP contribution in [0.15, 0.2) is 17.2 Å². The molecule has 2 atom stereocenters. The maximum absolute atomic E-state index is 12.7. The highest BCUT2D eigenvalue weighted by atomic mass is 16.4. The van der Waals surface area contributed by atoms with E-state index in [9.17, 15) is 14.7 Å². The van der Waals surface area contributed by atoms with E-state index in [1.54, 1.807) is 6.20 Å². The molecule has 136 valence electrons. The number of nitrogens with two attached hydrogens (primary N) is 1. The van der Waals surface area contributed by atoms with Crippen LogP contribution in [0.25, 0.3) is 11.0 Å². The van der Waals surface area contributed by atoms with Gasteiger partial charge >= 0.3 is 5.97 Å². The van der Waals surface area contributed by atoms with Gasteiger partial charge in [-0.3, -0.25) is 4.79 Å². The van der Waals surface area contributed by atoms with Gasteiger partial charge in [-0.05, 0) is 38.5 Å². The number of hydrogen-bond donors (Lipinski definition) is 2. The molecule has 1 saturated carbocycles. The van der Waals surface area contributed by atoms with Crippen molar-refractivity contribution in [2.45, 2.75) is 56.7 Å². The molecule has 7 nitrogen and oxygen atoms in total. The average Bonchev–Trinajstić information content (AvgIpc) is 3.40. The Morgan fingerprint density at radius 3 is 2.81 bits per heavy atom. The molecule has 4 heterocycles. The summed E-state index contributed by atoms with van der Waals surface area (Å²) in [4.78, 5) is 31.1. The third-order valence-electron chi connectivity index (χ3n) is 6.01. The maximum Gasteiger partial charge on any atom is 0.341 e. The van der Waals surface area contributed by atoms with E-state index in [0.29, 0.717) is 6.04 Å². The predicted octanol–water partition coefficient (Wildman–Crippen LogP) is 1.67. The number of carboxylic acids is 1. The van der Waals surface area contributed by atoms with E-state index in [-0.39, 0.29) is 23.2 Å². The molecule has 0 amide bonds. The fourth-order valence-corrected chi connectivity index (χ4v) is 4.69. The number of carboxylic acid groups (broad SMARTS) is 1. The lowest BCUT2D eigenvalue weighted by atomic mass is 10.0. The molecule has 2 aromatic heterocycles. The van der Waals surface area contributed by atoms with Gasteiger partial charge < -0.3 is 20.3 Å². The fraction of sp³-hybridized carbons (Fsp3) is 0.526. The molecule has 1 unspecified atom stereocenters. The molecular weight excluding hydrogens is 332 g/mol. The van der Waals surface area contributed by atoms with Crippen LogP contribution in [0.1, 0.15) is 54.1 Å². The number of fused-ring (bicyclic) bond motifs is 5. The molecule has 5 rings (SSSR count). The highest BCUT2D eigenvalue weighted by molar-refractivity contribution is 5.93. The second-order valence-electron chi connectivity index (χ2n) is 7.83. The first-order valence-electron chi connectivity index (χ1n) is 9.37. The zero-order valence-corrected chi connectivity index (χ0v) is 14.5. The van der Waals surface area contributed by atoms with Gasteiger partial charge in [-0.15, -0.1) is 0 Å². The Bertz CT molecular complexity index is 979. The molecule has 7 heteroatoms. The van der Waals surface area contributed by atoms with Crippen molar-refractivity contribution in [1.82, 2.24) is 9.55 Å². The Morgan fingerprint density at radius 1 is 1.27 bits per heavy atom. The molecular formula is C19H22N4O3. The predicted molar refractivity (Wildman–Crippen MR) is 97.9 cm³/mol. The van der Waals surface area contributed by atoms with E-state index in [1.165, 1.54) is 6.20 Å². The summed E-state index contributed by atoms with van der Waals surface area (Å²) in [7, 11) is 0. The maximum atomic E-state index is 12.7. The molecule has 1 saturated heterocycles. The third-order valence-corrected chi connectivity index (χ3v) is 6.01. The van der Waals surface area contributed by atoms with Gasteiger partial charge in [0.05, 0.1) is 17.4 Å². The minimum Gasteiger partial charge on any atom is -0.477 e. The van der Waals surface area contributed by atoms with E-state index in [1.807, 2.05) is 4.57 Å². The Labute approximate surface area is 150 Å². The molecule has 2 aromatic rings. The number of aromatic carboxylic acids is 1. The minimum absolute atomic E-state index is 0.168. The molecule has 0 spiro atoms. The van der Waals surface area contributed by atoms with Crippen molar-refractivity contribution < 1.29 is 9.90 Å². The highest BCUT2D eigenvalue weighted by Gasteiger charge is 2.35. The van der Waals surface area contributed by atoms with Crippen LogP contribution < -0.4 is 16.1 Å². The Balaban J connectivity index is 1.81. The van der Waals surface area contributed by atoms with Crippen molar-refractivity contribution in [1.29, 1.82) is 0 Å². The van der Waals surface area contributed by atoms with Gasteiger partial charge in [0.25, 0.3) is 0 Å². The lowest BCUT2D eigenvalue weighted by Crippen LogP contribution is -2.31. The Hall–Kier alpha value is -2.41. The van der Waals surface area contributed by atoms with Gasteiger partial charge in [-0.2, -0.15) is 0 Å². The van der Waals surface area contributed by atoms with Crippen molar-refractivity contribution in [3.05, 3.63) is 33.7 Å². The van der Waals surface area contributed by atoms with Gasteiger partial charge in [-0.25, -0.2) is 9.78 Å². The largest absolute Gasteiger partial charge is 0.477 e. The summed E-state index contributed by atoms with van der Waals surface area (Å²) in [5.41, 5.74) is 8.86. The molecule has 3 N–H and O–H groups in total. The van der Waals surface area contributed by atoms with E-state index in [4.69, 9.17) is 5.73 Å². The number of aryl methyl sites for hydroxylation is 1. The summed E-state index contributed by atoms with van der Waals surface area (Å²) in [6.07, 6.45) is 9.32. The van der Waals surface area contributed by atoms with Crippen LogP contribution in [0.2, 0.25) is 0 Å². The van der Waals surface area contributed by atoms with Crippen LogP contribution >= 0.6 is 0 Å². The van der Waals surface area contributed by atoms with Gasteiger partial charge in [0.1, 0.15) is 11.1 Å². The van der Waals surface area contributed by atoms with Gasteiger partial charge in [0.2, 0.25) is 5.43 Å². The normalized spacial score (nSPS) is 25.0. The summed E-state index contributed by atoms with van der Waals surface area (Å²) in [6.45, 7) is 0.811.